The Balaban J connectivity index is 2.53. The van der Waals surface area contributed by atoms with E-state index >= 15 is 0 Å². The molecular formula is C11H7ClFN. The van der Waals surface area contributed by atoms with Crippen molar-refractivity contribution in [3.63, 3.8) is 0 Å². The van der Waals surface area contributed by atoms with E-state index < -0.39 is 5.82 Å². The summed E-state index contributed by atoms with van der Waals surface area (Å²) in [4.78, 5) is 3.94. The van der Waals surface area contributed by atoms with Gasteiger partial charge in [0.1, 0.15) is 5.69 Å². The van der Waals surface area contributed by atoms with E-state index in [4.69, 9.17) is 11.6 Å². The number of hydrogen-bond acceptors (Lipinski definition) is 1. The first-order valence-electron chi connectivity index (χ1n) is 4.14. The lowest BCUT2D eigenvalue weighted by Gasteiger charge is -2.01. The highest BCUT2D eigenvalue weighted by molar-refractivity contribution is 6.30. The van der Waals surface area contributed by atoms with Crippen LogP contribution in [0.5, 0.6) is 0 Å². The van der Waals surface area contributed by atoms with Crippen LogP contribution in [-0.4, -0.2) is 4.98 Å². The van der Waals surface area contributed by atoms with Gasteiger partial charge in [0.15, 0.2) is 5.82 Å². The molecule has 2 aromatic rings. The van der Waals surface area contributed by atoms with Gasteiger partial charge in [-0.3, -0.25) is 4.98 Å². The predicted octanol–water partition coefficient (Wildman–Crippen LogP) is 3.54. The zero-order chi connectivity index (χ0) is 9.97. The molecule has 14 heavy (non-hydrogen) atoms. The number of aromatic nitrogens is 1. The highest BCUT2D eigenvalue weighted by Crippen LogP contribution is 2.21. The van der Waals surface area contributed by atoms with Gasteiger partial charge in [-0.15, -0.1) is 0 Å². The third-order valence-corrected chi connectivity index (χ3v) is 2.06. The average molecular weight is 208 g/mol. The Hall–Kier alpha value is -1.41. The van der Waals surface area contributed by atoms with Crippen LogP contribution < -0.4 is 0 Å². The molecule has 0 spiro atoms. The van der Waals surface area contributed by atoms with E-state index in [1.165, 1.54) is 12.3 Å². The minimum Gasteiger partial charge on any atom is -0.252 e. The molecule has 2 rings (SSSR count). The van der Waals surface area contributed by atoms with E-state index in [0.29, 0.717) is 10.7 Å². The van der Waals surface area contributed by atoms with Crippen molar-refractivity contribution in [2.24, 2.45) is 0 Å². The second-order valence-corrected chi connectivity index (χ2v) is 3.29. The monoisotopic (exact) mass is 207 g/mol. The number of rotatable bonds is 1. The van der Waals surface area contributed by atoms with Crippen molar-refractivity contribution in [3.8, 4) is 11.3 Å². The molecule has 0 bridgehead atoms. The lowest BCUT2D eigenvalue weighted by atomic mass is 10.1. The van der Waals surface area contributed by atoms with Crippen LogP contribution in [0.3, 0.4) is 0 Å². The summed E-state index contributed by atoms with van der Waals surface area (Å²) in [6.07, 6.45) is 1.44. The first kappa shape index (κ1) is 9.16. The summed E-state index contributed by atoms with van der Waals surface area (Å²) < 4.78 is 13.4. The standard InChI is InChI=1S/C11H7ClFN/c12-9-6-10(13)11(14-7-9)8-4-2-1-3-5-8/h1-7H. The molecule has 0 N–H and O–H groups in total. The Labute approximate surface area is 86.2 Å². The average Bonchev–Trinajstić information content (AvgIpc) is 2.19. The molecule has 1 aromatic heterocycles. The van der Waals surface area contributed by atoms with Gasteiger partial charge in [0.25, 0.3) is 0 Å². The molecule has 0 saturated carbocycles. The van der Waals surface area contributed by atoms with E-state index in [-0.39, 0.29) is 0 Å². The van der Waals surface area contributed by atoms with Crippen molar-refractivity contribution < 1.29 is 4.39 Å². The number of pyridine rings is 1. The molecule has 0 amide bonds. The third kappa shape index (κ3) is 1.75. The van der Waals surface area contributed by atoms with Crippen molar-refractivity contribution in [1.82, 2.24) is 4.98 Å². The molecular weight excluding hydrogens is 201 g/mol. The quantitative estimate of drug-likeness (QED) is 0.697. The van der Waals surface area contributed by atoms with Crippen molar-refractivity contribution in [2.75, 3.05) is 0 Å². The Kier molecular flexibility index (Phi) is 2.46. The SMILES string of the molecule is Fc1cc(Cl)cnc1-c1ccccc1. The van der Waals surface area contributed by atoms with E-state index in [1.54, 1.807) is 12.1 Å². The summed E-state index contributed by atoms with van der Waals surface area (Å²) in [7, 11) is 0. The molecule has 0 fully saturated rings. The minimum atomic E-state index is -0.399. The van der Waals surface area contributed by atoms with Crippen LogP contribution in [-0.2, 0) is 0 Å². The lowest BCUT2D eigenvalue weighted by Crippen LogP contribution is -1.88. The molecule has 1 nitrogen and oxygen atoms in total. The molecule has 70 valence electrons. The first-order valence-corrected chi connectivity index (χ1v) is 4.51. The van der Waals surface area contributed by atoms with Gasteiger partial charge < -0.3 is 0 Å². The summed E-state index contributed by atoms with van der Waals surface area (Å²) in [6.45, 7) is 0. The van der Waals surface area contributed by atoms with Gasteiger partial charge in [-0.2, -0.15) is 0 Å². The minimum absolute atomic E-state index is 0.308. The largest absolute Gasteiger partial charge is 0.252 e. The lowest BCUT2D eigenvalue weighted by molar-refractivity contribution is 0.626. The van der Waals surface area contributed by atoms with Crippen molar-refractivity contribution >= 4 is 11.6 Å². The van der Waals surface area contributed by atoms with Crippen molar-refractivity contribution in [3.05, 3.63) is 53.4 Å². The topological polar surface area (TPSA) is 12.9 Å². The molecule has 1 aromatic carbocycles. The smallest absolute Gasteiger partial charge is 0.150 e. The van der Waals surface area contributed by atoms with Gasteiger partial charge in [-0.05, 0) is 6.07 Å². The Morgan fingerprint density at radius 3 is 2.50 bits per heavy atom. The normalized spacial score (nSPS) is 10.1. The molecule has 0 aliphatic rings. The summed E-state index contributed by atoms with van der Waals surface area (Å²) in [5.41, 5.74) is 1.08. The number of halogens is 2. The zero-order valence-electron chi connectivity index (χ0n) is 7.24. The highest BCUT2D eigenvalue weighted by atomic mass is 35.5. The maximum Gasteiger partial charge on any atom is 0.150 e. The van der Waals surface area contributed by atoms with E-state index in [9.17, 15) is 4.39 Å². The van der Waals surface area contributed by atoms with Gasteiger partial charge in [0.2, 0.25) is 0 Å². The third-order valence-electron chi connectivity index (χ3n) is 1.86. The molecule has 0 aliphatic heterocycles. The van der Waals surface area contributed by atoms with Crippen molar-refractivity contribution in [2.45, 2.75) is 0 Å². The van der Waals surface area contributed by atoms with Gasteiger partial charge in [0, 0.05) is 11.8 Å². The van der Waals surface area contributed by atoms with Crippen molar-refractivity contribution in [1.29, 1.82) is 0 Å². The molecule has 0 atom stereocenters. The van der Waals surface area contributed by atoms with Gasteiger partial charge in [-0.25, -0.2) is 4.39 Å². The van der Waals surface area contributed by atoms with E-state index in [1.807, 2.05) is 18.2 Å². The predicted molar refractivity (Wildman–Crippen MR) is 54.6 cm³/mol. The second kappa shape index (κ2) is 3.76. The summed E-state index contributed by atoms with van der Waals surface area (Å²) >= 11 is 5.60. The fourth-order valence-electron chi connectivity index (χ4n) is 1.22. The molecule has 0 saturated heterocycles. The number of hydrogen-bond donors (Lipinski definition) is 0. The Morgan fingerprint density at radius 1 is 1.14 bits per heavy atom. The van der Waals surface area contributed by atoms with Gasteiger partial charge >= 0.3 is 0 Å². The van der Waals surface area contributed by atoms with E-state index in [0.717, 1.165) is 5.56 Å². The summed E-state index contributed by atoms with van der Waals surface area (Å²) in [5.74, 6) is -0.399. The highest BCUT2D eigenvalue weighted by Gasteiger charge is 2.05. The molecule has 0 radical (unpaired) electrons. The maximum atomic E-state index is 13.4. The Morgan fingerprint density at radius 2 is 1.86 bits per heavy atom. The molecule has 3 heteroatoms. The van der Waals surface area contributed by atoms with Crippen LogP contribution in [0, 0.1) is 5.82 Å². The zero-order valence-corrected chi connectivity index (χ0v) is 8.00. The maximum absolute atomic E-state index is 13.4. The second-order valence-electron chi connectivity index (χ2n) is 2.85. The van der Waals surface area contributed by atoms with Crippen LogP contribution >= 0.6 is 11.6 Å². The fourth-order valence-corrected chi connectivity index (χ4v) is 1.37. The van der Waals surface area contributed by atoms with Crippen LogP contribution in [0.1, 0.15) is 0 Å². The summed E-state index contributed by atoms with van der Waals surface area (Å²) in [6, 6.07) is 10.4. The molecule has 0 unspecified atom stereocenters. The molecule has 0 aliphatic carbocycles. The van der Waals surface area contributed by atoms with Crippen LogP contribution in [0.4, 0.5) is 4.39 Å². The molecule has 1 heterocycles. The number of benzene rings is 1. The summed E-state index contributed by atoms with van der Waals surface area (Å²) in [5, 5.41) is 0.308. The van der Waals surface area contributed by atoms with Crippen LogP contribution in [0.15, 0.2) is 42.6 Å². The van der Waals surface area contributed by atoms with Crippen LogP contribution in [0.25, 0.3) is 11.3 Å². The fraction of sp³-hybridized carbons (Fsp3) is 0. The van der Waals surface area contributed by atoms with Gasteiger partial charge in [0.05, 0.1) is 5.02 Å². The van der Waals surface area contributed by atoms with Gasteiger partial charge in [-0.1, -0.05) is 41.9 Å². The first-order chi connectivity index (χ1) is 6.77. The number of nitrogens with zero attached hydrogens (tertiary/aromatic N) is 1. The van der Waals surface area contributed by atoms with E-state index in [2.05, 4.69) is 4.98 Å². The van der Waals surface area contributed by atoms with Crippen LogP contribution in [0.2, 0.25) is 5.02 Å². The Bertz CT molecular complexity index is 442.